The monoisotopic (exact) mass is 327 g/mol. The van der Waals surface area contributed by atoms with Gasteiger partial charge in [-0.2, -0.15) is 0 Å². The molecule has 1 N–H and O–H groups in total. The van der Waals surface area contributed by atoms with Gasteiger partial charge in [-0.15, -0.1) is 0 Å². The normalized spacial score (nSPS) is 20.3. The Morgan fingerprint density at radius 1 is 1.36 bits per heavy atom. The fourth-order valence-corrected chi connectivity index (χ4v) is 3.20. The van der Waals surface area contributed by atoms with Crippen LogP contribution in [-0.2, 0) is 24.3 Å². The van der Waals surface area contributed by atoms with Crippen LogP contribution in [0.4, 0.5) is 0 Å². The minimum absolute atomic E-state index is 0.0188. The van der Waals surface area contributed by atoms with Crippen molar-refractivity contribution in [2.75, 3.05) is 13.2 Å². The smallest absolute Gasteiger partial charge is 0.264 e. The second-order valence-electron chi connectivity index (χ2n) is 5.25. The van der Waals surface area contributed by atoms with Crippen LogP contribution in [-0.4, -0.2) is 39.7 Å². The minimum atomic E-state index is -3.86. The van der Waals surface area contributed by atoms with Crippen LogP contribution in [0.3, 0.4) is 0 Å². The summed E-state index contributed by atoms with van der Waals surface area (Å²) in [5.74, 6) is -0.681. The topological polar surface area (TPSA) is 81.7 Å². The van der Waals surface area contributed by atoms with E-state index in [1.807, 2.05) is 4.72 Å². The summed E-state index contributed by atoms with van der Waals surface area (Å²) in [4.78, 5) is 12.0. The molecule has 1 aliphatic heterocycles. The lowest BCUT2D eigenvalue weighted by atomic mass is 10.1. The maximum absolute atomic E-state index is 12.0. The van der Waals surface area contributed by atoms with Gasteiger partial charge in [-0.05, 0) is 38.3 Å². The number of sulfonamides is 1. The zero-order chi connectivity index (χ0) is 16.0. The van der Waals surface area contributed by atoms with Crippen LogP contribution in [0.2, 0.25) is 0 Å². The third kappa shape index (κ3) is 4.79. The third-order valence-corrected chi connectivity index (χ3v) is 4.83. The second-order valence-corrected chi connectivity index (χ2v) is 6.93. The van der Waals surface area contributed by atoms with Crippen molar-refractivity contribution in [3.8, 4) is 0 Å². The molecule has 122 valence electrons. The minimum Gasteiger partial charge on any atom is -0.376 e. The number of hydrogen-bond acceptors (Lipinski definition) is 5. The molecular weight excluding hydrogens is 306 g/mol. The largest absolute Gasteiger partial charge is 0.376 e. The molecular formula is C15H21NO5S. The van der Waals surface area contributed by atoms with Gasteiger partial charge in [-0.3, -0.25) is 4.79 Å². The predicted octanol–water partition coefficient (Wildman–Crippen LogP) is 1.47. The highest BCUT2D eigenvalue weighted by Gasteiger charge is 2.23. The molecule has 6 nitrogen and oxygen atoms in total. The zero-order valence-corrected chi connectivity index (χ0v) is 13.3. The first-order chi connectivity index (χ1) is 10.5. The molecule has 1 saturated heterocycles. The molecule has 0 radical (unpaired) electrons. The van der Waals surface area contributed by atoms with Crippen LogP contribution in [0.5, 0.6) is 0 Å². The van der Waals surface area contributed by atoms with Crippen molar-refractivity contribution < 1.29 is 22.7 Å². The summed E-state index contributed by atoms with van der Waals surface area (Å²) in [6.07, 6.45) is 2.15. The molecule has 0 unspecified atom stereocenters. The molecule has 1 aliphatic rings. The molecule has 2 atom stereocenters. The molecule has 0 aromatic heterocycles. The number of rotatable bonds is 6. The van der Waals surface area contributed by atoms with E-state index in [-0.39, 0.29) is 11.0 Å². The average molecular weight is 327 g/mol. The van der Waals surface area contributed by atoms with Gasteiger partial charge in [0, 0.05) is 6.61 Å². The van der Waals surface area contributed by atoms with Gasteiger partial charge in [-0.25, -0.2) is 13.1 Å². The van der Waals surface area contributed by atoms with Gasteiger partial charge in [0.15, 0.2) is 0 Å². The van der Waals surface area contributed by atoms with Crippen molar-refractivity contribution in [3.63, 3.8) is 0 Å². The standard InChI is InChI=1S/C15H21NO5S/c1-12(21-11-13-7-5-6-10-20-13)15(17)16-22(18,19)14-8-3-2-4-9-14/h2-4,8-9,12-13H,5-7,10-11H2,1H3,(H,16,17)/t12-,13+/m1/s1. The first-order valence-corrected chi connectivity index (χ1v) is 8.82. The highest BCUT2D eigenvalue weighted by Crippen LogP contribution is 2.13. The van der Waals surface area contributed by atoms with E-state index in [0.717, 1.165) is 19.3 Å². The number of carbonyl (C=O) groups excluding carboxylic acids is 1. The van der Waals surface area contributed by atoms with Crippen LogP contribution in [0.1, 0.15) is 26.2 Å². The van der Waals surface area contributed by atoms with Crippen LogP contribution < -0.4 is 4.72 Å². The molecule has 1 fully saturated rings. The number of nitrogens with one attached hydrogen (secondary N) is 1. The highest BCUT2D eigenvalue weighted by molar-refractivity contribution is 7.90. The predicted molar refractivity (Wildman–Crippen MR) is 80.8 cm³/mol. The van der Waals surface area contributed by atoms with Gasteiger partial charge >= 0.3 is 0 Å². The van der Waals surface area contributed by atoms with E-state index in [2.05, 4.69) is 0 Å². The Morgan fingerprint density at radius 3 is 2.73 bits per heavy atom. The Bertz CT molecular complexity index is 581. The molecule has 0 aliphatic carbocycles. The summed E-state index contributed by atoms with van der Waals surface area (Å²) in [6.45, 7) is 2.52. The number of ether oxygens (including phenoxy) is 2. The summed E-state index contributed by atoms with van der Waals surface area (Å²) < 4.78 is 37.0. The summed E-state index contributed by atoms with van der Waals surface area (Å²) in [5, 5.41) is 0. The van der Waals surface area contributed by atoms with Crippen LogP contribution in [0.25, 0.3) is 0 Å². The van der Waals surface area contributed by atoms with Crippen molar-refractivity contribution in [1.82, 2.24) is 4.72 Å². The quantitative estimate of drug-likeness (QED) is 0.855. The fourth-order valence-electron chi connectivity index (χ4n) is 2.14. The summed E-state index contributed by atoms with van der Waals surface area (Å²) in [5.41, 5.74) is 0. The molecule has 1 heterocycles. The average Bonchev–Trinajstić information content (AvgIpc) is 2.54. The van der Waals surface area contributed by atoms with Crippen LogP contribution in [0.15, 0.2) is 35.2 Å². The third-order valence-electron chi connectivity index (χ3n) is 3.46. The maximum atomic E-state index is 12.0. The summed E-state index contributed by atoms with van der Waals surface area (Å²) in [6, 6.07) is 7.75. The number of hydrogen-bond donors (Lipinski definition) is 1. The number of benzene rings is 1. The first kappa shape index (κ1) is 16.9. The fraction of sp³-hybridized carbons (Fsp3) is 0.533. The van der Waals surface area contributed by atoms with Crippen LogP contribution >= 0.6 is 0 Å². The van der Waals surface area contributed by atoms with Gasteiger partial charge in [0.1, 0.15) is 6.10 Å². The lowest BCUT2D eigenvalue weighted by Crippen LogP contribution is -2.40. The molecule has 0 bridgehead atoms. The Morgan fingerprint density at radius 2 is 2.09 bits per heavy atom. The molecule has 2 rings (SSSR count). The van der Waals surface area contributed by atoms with Crippen molar-refractivity contribution in [2.45, 2.75) is 43.3 Å². The van der Waals surface area contributed by atoms with Gasteiger partial charge in [0.05, 0.1) is 17.6 Å². The lowest BCUT2D eigenvalue weighted by Gasteiger charge is -2.23. The van der Waals surface area contributed by atoms with E-state index in [9.17, 15) is 13.2 Å². The van der Waals surface area contributed by atoms with Crippen molar-refractivity contribution in [2.24, 2.45) is 0 Å². The van der Waals surface area contributed by atoms with Gasteiger partial charge in [0.25, 0.3) is 15.9 Å². The Balaban J connectivity index is 1.85. The van der Waals surface area contributed by atoms with E-state index >= 15 is 0 Å². The Hall–Kier alpha value is -1.44. The molecule has 1 aromatic rings. The lowest BCUT2D eigenvalue weighted by molar-refractivity contribution is -0.133. The van der Waals surface area contributed by atoms with Gasteiger partial charge in [0.2, 0.25) is 0 Å². The van der Waals surface area contributed by atoms with E-state index in [4.69, 9.17) is 9.47 Å². The zero-order valence-electron chi connectivity index (χ0n) is 12.5. The highest BCUT2D eigenvalue weighted by atomic mass is 32.2. The Kier molecular flexibility index (Phi) is 5.93. The van der Waals surface area contributed by atoms with Gasteiger partial charge in [-0.1, -0.05) is 18.2 Å². The van der Waals surface area contributed by atoms with E-state index in [1.165, 1.54) is 19.1 Å². The van der Waals surface area contributed by atoms with Crippen molar-refractivity contribution in [1.29, 1.82) is 0 Å². The number of carbonyl (C=O) groups is 1. The number of amides is 1. The van der Waals surface area contributed by atoms with Gasteiger partial charge < -0.3 is 9.47 Å². The summed E-state index contributed by atoms with van der Waals surface area (Å²) in [7, 11) is -3.86. The van der Waals surface area contributed by atoms with Crippen molar-refractivity contribution >= 4 is 15.9 Å². The summed E-state index contributed by atoms with van der Waals surface area (Å²) >= 11 is 0. The first-order valence-electron chi connectivity index (χ1n) is 7.34. The van der Waals surface area contributed by atoms with E-state index in [0.29, 0.717) is 13.2 Å². The molecule has 1 aromatic carbocycles. The van der Waals surface area contributed by atoms with E-state index < -0.39 is 22.0 Å². The Labute approximate surface area is 130 Å². The molecule has 22 heavy (non-hydrogen) atoms. The SMILES string of the molecule is C[C@@H](OC[C@@H]1CCCCO1)C(=O)NS(=O)(=O)c1ccccc1. The molecule has 0 saturated carbocycles. The molecule has 7 heteroatoms. The van der Waals surface area contributed by atoms with E-state index in [1.54, 1.807) is 18.2 Å². The molecule has 1 amide bonds. The second kappa shape index (κ2) is 7.71. The van der Waals surface area contributed by atoms with Crippen molar-refractivity contribution in [3.05, 3.63) is 30.3 Å². The molecule has 0 spiro atoms. The van der Waals surface area contributed by atoms with Crippen LogP contribution in [0, 0.1) is 0 Å². The maximum Gasteiger partial charge on any atom is 0.264 e.